The molecule has 0 radical (unpaired) electrons. The Hall–Kier alpha value is -1.75. The summed E-state index contributed by atoms with van der Waals surface area (Å²) < 4.78 is 1.18. The normalized spacial score (nSPS) is 28.8. The lowest BCUT2D eigenvalue weighted by Crippen LogP contribution is -2.34. The number of hydrogen-bond acceptors (Lipinski definition) is 4. The molecule has 2 aromatic rings. The second kappa shape index (κ2) is 5.90. The Morgan fingerprint density at radius 2 is 2.16 bits per heavy atom. The number of nitrogens with one attached hydrogen (secondary N) is 1. The zero-order chi connectivity index (χ0) is 17.7. The van der Waals surface area contributed by atoms with Crippen molar-refractivity contribution in [2.24, 2.45) is 21.8 Å². The number of amides is 1. The molecule has 132 valence electrons. The lowest BCUT2D eigenvalue weighted by molar-refractivity contribution is -0.121. The van der Waals surface area contributed by atoms with Crippen LogP contribution in [-0.4, -0.2) is 16.6 Å². The molecule has 1 amide bonds. The summed E-state index contributed by atoms with van der Waals surface area (Å²) in [6.07, 6.45) is 4.60. The zero-order valence-corrected chi connectivity index (χ0v) is 15.9. The van der Waals surface area contributed by atoms with Crippen LogP contribution < -0.4 is 5.43 Å². The van der Waals surface area contributed by atoms with Crippen molar-refractivity contribution in [2.75, 3.05) is 0 Å². The van der Waals surface area contributed by atoms with Crippen molar-refractivity contribution in [3.63, 3.8) is 0 Å². The smallest absolute Gasteiger partial charge is 0.240 e. The summed E-state index contributed by atoms with van der Waals surface area (Å²) in [5, 5.41) is 5.54. The average Bonchev–Trinajstić information content (AvgIpc) is 3.16. The maximum atomic E-state index is 12.2. The first-order chi connectivity index (χ1) is 11.9. The number of fused-ring (bicyclic) bond motifs is 3. The average molecular weight is 356 g/mol. The second-order valence-corrected chi connectivity index (χ2v) is 9.28. The molecule has 2 saturated carbocycles. The van der Waals surface area contributed by atoms with E-state index in [4.69, 9.17) is 0 Å². The summed E-state index contributed by atoms with van der Waals surface area (Å²) >= 11 is 1.66. The number of benzene rings is 1. The van der Waals surface area contributed by atoms with Gasteiger partial charge in [-0.2, -0.15) is 5.10 Å². The molecule has 0 unspecified atom stereocenters. The monoisotopic (exact) mass is 355 g/mol. The molecule has 1 aromatic carbocycles. The molecule has 5 heteroatoms. The number of carbonyl (C=O) groups excluding carboxylic acids is 1. The standard InChI is InChI=1S/C20H25N3OS/c1-19(2)13-10-11-20(19,3)16(12-13)22-23-17(24)8-9-18-21-14-6-4-5-7-15(14)25-18/h4-7,13H,8-12H2,1-3H3,(H,23,24)/b22-16+/t13-,20-/m1/s1. The van der Waals surface area contributed by atoms with Gasteiger partial charge in [-0.15, -0.1) is 11.3 Å². The summed E-state index contributed by atoms with van der Waals surface area (Å²) in [6, 6.07) is 8.09. The maximum absolute atomic E-state index is 12.2. The summed E-state index contributed by atoms with van der Waals surface area (Å²) in [5.41, 5.74) is 5.43. The predicted molar refractivity (Wildman–Crippen MR) is 103 cm³/mol. The third-order valence-corrected chi connectivity index (χ3v) is 7.83. The van der Waals surface area contributed by atoms with E-state index in [1.54, 1.807) is 11.3 Å². The van der Waals surface area contributed by atoms with Gasteiger partial charge in [0.2, 0.25) is 5.91 Å². The minimum atomic E-state index is -0.0177. The highest BCUT2D eigenvalue weighted by Gasteiger charge is 2.59. The van der Waals surface area contributed by atoms with Crippen LogP contribution in [0.3, 0.4) is 0 Å². The van der Waals surface area contributed by atoms with Crippen molar-refractivity contribution >= 4 is 33.2 Å². The molecule has 2 bridgehead atoms. The molecule has 2 atom stereocenters. The van der Waals surface area contributed by atoms with Gasteiger partial charge >= 0.3 is 0 Å². The maximum Gasteiger partial charge on any atom is 0.240 e. The Labute approximate surface area is 152 Å². The summed E-state index contributed by atoms with van der Waals surface area (Å²) in [4.78, 5) is 16.8. The van der Waals surface area contributed by atoms with Crippen LogP contribution >= 0.6 is 11.3 Å². The lowest BCUT2D eigenvalue weighted by atomic mass is 9.70. The first kappa shape index (κ1) is 16.7. The molecule has 2 fully saturated rings. The highest BCUT2D eigenvalue weighted by atomic mass is 32.1. The van der Waals surface area contributed by atoms with E-state index in [0.29, 0.717) is 18.8 Å². The molecular formula is C20H25N3OS. The molecule has 0 saturated heterocycles. The van der Waals surface area contributed by atoms with Gasteiger partial charge in [0.05, 0.1) is 15.2 Å². The molecule has 1 N–H and O–H groups in total. The Kier molecular flexibility index (Phi) is 3.95. The van der Waals surface area contributed by atoms with Gasteiger partial charge in [0.1, 0.15) is 0 Å². The SMILES string of the molecule is CC1(C)[C@@H]2CC[C@]1(C)/C(=N/NC(=O)CCc1nc3ccccc3s1)C2. The van der Waals surface area contributed by atoms with Gasteiger partial charge in [-0.25, -0.2) is 10.4 Å². The first-order valence-electron chi connectivity index (χ1n) is 9.10. The lowest BCUT2D eigenvalue weighted by Gasteiger charge is -2.34. The minimum Gasteiger partial charge on any atom is -0.273 e. The number of nitrogens with zero attached hydrogens (tertiary/aromatic N) is 2. The van der Waals surface area contributed by atoms with Crippen molar-refractivity contribution in [3.8, 4) is 0 Å². The third-order valence-electron chi connectivity index (χ3n) is 6.73. The van der Waals surface area contributed by atoms with Crippen molar-refractivity contribution in [2.45, 2.75) is 52.9 Å². The highest BCUT2D eigenvalue weighted by Crippen LogP contribution is 2.63. The number of rotatable bonds is 4. The van der Waals surface area contributed by atoms with Gasteiger partial charge < -0.3 is 0 Å². The van der Waals surface area contributed by atoms with Crippen LogP contribution in [0.1, 0.15) is 51.5 Å². The van der Waals surface area contributed by atoms with Gasteiger partial charge in [0, 0.05) is 24.0 Å². The number of para-hydroxylation sites is 1. The summed E-state index contributed by atoms with van der Waals surface area (Å²) in [5.74, 6) is 0.687. The summed E-state index contributed by atoms with van der Waals surface area (Å²) in [7, 11) is 0. The van der Waals surface area contributed by atoms with E-state index in [0.717, 1.165) is 16.9 Å². The molecule has 2 aliphatic rings. The van der Waals surface area contributed by atoms with E-state index in [1.807, 2.05) is 18.2 Å². The molecule has 0 spiro atoms. The Morgan fingerprint density at radius 3 is 2.84 bits per heavy atom. The third kappa shape index (κ3) is 2.69. The Balaban J connectivity index is 1.37. The number of thiazole rings is 1. The van der Waals surface area contributed by atoms with Crippen molar-refractivity contribution in [1.82, 2.24) is 10.4 Å². The van der Waals surface area contributed by atoms with Crippen LogP contribution in [0.15, 0.2) is 29.4 Å². The molecule has 2 aliphatic carbocycles. The fraction of sp³-hybridized carbons (Fsp3) is 0.550. The van der Waals surface area contributed by atoms with Crippen LogP contribution in [0.4, 0.5) is 0 Å². The van der Waals surface area contributed by atoms with Crippen LogP contribution in [0.5, 0.6) is 0 Å². The molecular weight excluding hydrogens is 330 g/mol. The van der Waals surface area contributed by atoms with Crippen LogP contribution in [-0.2, 0) is 11.2 Å². The fourth-order valence-corrected chi connectivity index (χ4v) is 5.50. The molecule has 0 aliphatic heterocycles. The molecule has 4 rings (SSSR count). The molecule has 25 heavy (non-hydrogen) atoms. The Bertz CT molecular complexity index is 820. The topological polar surface area (TPSA) is 54.4 Å². The highest BCUT2D eigenvalue weighted by molar-refractivity contribution is 7.18. The van der Waals surface area contributed by atoms with Gasteiger partial charge in [0.25, 0.3) is 0 Å². The van der Waals surface area contributed by atoms with E-state index in [-0.39, 0.29) is 16.7 Å². The predicted octanol–water partition coefficient (Wildman–Crippen LogP) is 4.55. The number of aromatic nitrogens is 1. The fourth-order valence-electron chi connectivity index (χ4n) is 4.53. The molecule has 4 nitrogen and oxygen atoms in total. The Morgan fingerprint density at radius 1 is 1.36 bits per heavy atom. The number of hydrogen-bond donors (Lipinski definition) is 1. The largest absolute Gasteiger partial charge is 0.273 e. The number of carbonyl (C=O) groups is 1. The second-order valence-electron chi connectivity index (χ2n) is 8.16. The van der Waals surface area contributed by atoms with E-state index >= 15 is 0 Å². The molecule has 1 heterocycles. The van der Waals surface area contributed by atoms with E-state index in [2.05, 4.69) is 42.3 Å². The van der Waals surface area contributed by atoms with Crippen molar-refractivity contribution in [3.05, 3.63) is 29.3 Å². The van der Waals surface area contributed by atoms with Gasteiger partial charge in [-0.05, 0) is 42.7 Å². The zero-order valence-electron chi connectivity index (χ0n) is 15.1. The van der Waals surface area contributed by atoms with Crippen LogP contribution in [0.2, 0.25) is 0 Å². The number of aryl methyl sites for hydroxylation is 1. The first-order valence-corrected chi connectivity index (χ1v) is 9.92. The van der Waals surface area contributed by atoms with Crippen molar-refractivity contribution < 1.29 is 4.79 Å². The van der Waals surface area contributed by atoms with Gasteiger partial charge in [0.15, 0.2) is 0 Å². The van der Waals surface area contributed by atoms with Gasteiger partial charge in [-0.3, -0.25) is 4.79 Å². The van der Waals surface area contributed by atoms with E-state index < -0.39 is 0 Å². The van der Waals surface area contributed by atoms with Crippen LogP contribution in [0, 0.1) is 16.7 Å². The van der Waals surface area contributed by atoms with Crippen LogP contribution in [0.25, 0.3) is 10.2 Å². The summed E-state index contributed by atoms with van der Waals surface area (Å²) in [6.45, 7) is 7.01. The van der Waals surface area contributed by atoms with E-state index in [1.165, 1.54) is 23.3 Å². The minimum absolute atomic E-state index is 0.0177. The van der Waals surface area contributed by atoms with Crippen molar-refractivity contribution in [1.29, 1.82) is 0 Å². The molecule has 1 aromatic heterocycles. The quantitative estimate of drug-likeness (QED) is 0.818. The number of hydrazone groups is 1. The van der Waals surface area contributed by atoms with Gasteiger partial charge in [-0.1, -0.05) is 32.9 Å². The van der Waals surface area contributed by atoms with E-state index in [9.17, 15) is 4.79 Å².